The summed E-state index contributed by atoms with van der Waals surface area (Å²) in [6.07, 6.45) is 3.82. The van der Waals surface area contributed by atoms with E-state index in [-0.39, 0.29) is 41.9 Å². The van der Waals surface area contributed by atoms with Gasteiger partial charge in [-0.3, -0.25) is 19.8 Å². The van der Waals surface area contributed by atoms with Crippen molar-refractivity contribution in [1.29, 1.82) is 0 Å². The van der Waals surface area contributed by atoms with E-state index in [4.69, 9.17) is 4.74 Å². The van der Waals surface area contributed by atoms with E-state index in [1.54, 1.807) is 12.1 Å². The molecule has 7 heteroatoms. The molecule has 3 rings (SSSR count). The Labute approximate surface area is 154 Å². The Morgan fingerprint density at radius 3 is 2.60 bits per heavy atom. The third kappa shape index (κ3) is 3.80. The fourth-order valence-electron chi connectivity index (χ4n) is 4.27. The molecule has 0 N–H and O–H groups in total. The summed E-state index contributed by atoms with van der Waals surface area (Å²) < 4.78 is 5.47. The maximum atomic E-state index is 12.7. The zero-order valence-corrected chi connectivity index (χ0v) is 15.4. The molecule has 0 saturated carbocycles. The summed E-state index contributed by atoms with van der Waals surface area (Å²) in [4.78, 5) is 25.5. The zero-order chi connectivity index (χ0) is 17.3. The first-order chi connectivity index (χ1) is 11.5. The van der Waals surface area contributed by atoms with E-state index in [1.165, 1.54) is 12.1 Å². The second-order valence-corrected chi connectivity index (χ2v) is 6.85. The average molecular weight is 369 g/mol. The molecule has 2 aliphatic rings. The Morgan fingerprint density at radius 1 is 1.32 bits per heavy atom. The summed E-state index contributed by atoms with van der Waals surface area (Å²) in [5, 5.41) is 10.9. The molecule has 2 aliphatic heterocycles. The Bertz CT molecular complexity index is 622. The summed E-state index contributed by atoms with van der Waals surface area (Å²) >= 11 is 0. The molecule has 25 heavy (non-hydrogen) atoms. The van der Waals surface area contributed by atoms with Crippen molar-refractivity contribution in [3.8, 4) is 0 Å². The number of ether oxygens (including phenoxy) is 1. The molecule has 2 fully saturated rings. The van der Waals surface area contributed by atoms with Crippen LogP contribution in [0.2, 0.25) is 0 Å². The van der Waals surface area contributed by atoms with Gasteiger partial charge in [-0.05, 0) is 38.3 Å². The minimum atomic E-state index is -0.394. The molecule has 0 amide bonds. The minimum Gasteiger partial charge on any atom is -0.465 e. The van der Waals surface area contributed by atoms with Gasteiger partial charge >= 0.3 is 5.97 Å². The molecular formula is C18H25ClN2O4. The highest BCUT2D eigenvalue weighted by molar-refractivity contribution is 5.85. The summed E-state index contributed by atoms with van der Waals surface area (Å²) in [7, 11) is 2.09. The second-order valence-electron chi connectivity index (χ2n) is 6.85. The van der Waals surface area contributed by atoms with E-state index in [0.29, 0.717) is 12.6 Å². The molecule has 0 aliphatic carbocycles. The van der Waals surface area contributed by atoms with Crippen LogP contribution in [0.5, 0.6) is 0 Å². The van der Waals surface area contributed by atoms with Gasteiger partial charge in [0.25, 0.3) is 5.69 Å². The van der Waals surface area contributed by atoms with Crippen molar-refractivity contribution in [2.45, 2.75) is 50.6 Å². The molecule has 2 heterocycles. The highest BCUT2D eigenvalue weighted by atomic mass is 35.5. The molecule has 6 nitrogen and oxygen atoms in total. The van der Waals surface area contributed by atoms with Crippen molar-refractivity contribution in [3.63, 3.8) is 0 Å². The van der Waals surface area contributed by atoms with Crippen LogP contribution in [-0.2, 0) is 9.53 Å². The van der Waals surface area contributed by atoms with Crippen molar-refractivity contribution < 1.29 is 14.5 Å². The molecule has 2 bridgehead atoms. The molecule has 138 valence electrons. The average Bonchev–Trinajstić information content (AvgIpc) is 2.82. The van der Waals surface area contributed by atoms with Crippen molar-refractivity contribution >= 4 is 24.1 Å². The highest BCUT2D eigenvalue weighted by Gasteiger charge is 2.49. The number of fused-ring (bicyclic) bond motifs is 2. The lowest BCUT2D eigenvalue weighted by Crippen LogP contribution is -2.49. The molecular weight excluding hydrogens is 344 g/mol. The van der Waals surface area contributed by atoms with Crippen LogP contribution in [0.25, 0.3) is 0 Å². The van der Waals surface area contributed by atoms with Gasteiger partial charge in [0.05, 0.1) is 17.4 Å². The molecule has 0 aromatic heterocycles. The number of non-ortho nitro benzene ring substituents is 1. The van der Waals surface area contributed by atoms with Crippen LogP contribution >= 0.6 is 12.4 Å². The monoisotopic (exact) mass is 368 g/mol. The predicted molar refractivity (Wildman–Crippen MR) is 97.0 cm³/mol. The van der Waals surface area contributed by atoms with E-state index in [2.05, 4.69) is 11.9 Å². The normalized spacial score (nSPS) is 28.2. The number of nitro benzene ring substituents is 1. The fourth-order valence-corrected chi connectivity index (χ4v) is 4.27. The summed E-state index contributed by atoms with van der Waals surface area (Å²) in [5.74, 6) is -0.247. The second kappa shape index (κ2) is 8.15. The molecule has 0 radical (unpaired) electrons. The van der Waals surface area contributed by atoms with Crippen LogP contribution in [0.15, 0.2) is 24.3 Å². The first kappa shape index (κ1) is 19.7. The molecule has 0 spiro atoms. The van der Waals surface area contributed by atoms with Crippen molar-refractivity contribution in [1.82, 2.24) is 4.90 Å². The lowest BCUT2D eigenvalue weighted by atomic mass is 9.76. The number of hydrogen-bond acceptors (Lipinski definition) is 5. The molecule has 2 saturated heterocycles. The van der Waals surface area contributed by atoms with Gasteiger partial charge in [-0.25, -0.2) is 0 Å². The van der Waals surface area contributed by atoms with Gasteiger partial charge in [-0.2, -0.15) is 0 Å². The van der Waals surface area contributed by atoms with E-state index >= 15 is 0 Å². The van der Waals surface area contributed by atoms with Crippen LogP contribution in [0.1, 0.15) is 44.1 Å². The van der Waals surface area contributed by atoms with Crippen LogP contribution in [0.4, 0.5) is 5.69 Å². The maximum Gasteiger partial charge on any atom is 0.311 e. The smallest absolute Gasteiger partial charge is 0.311 e. The van der Waals surface area contributed by atoms with E-state index in [0.717, 1.165) is 31.2 Å². The summed E-state index contributed by atoms with van der Waals surface area (Å²) in [6.45, 7) is 2.43. The highest BCUT2D eigenvalue weighted by Crippen LogP contribution is 2.46. The Hall–Kier alpha value is -1.66. The third-order valence-electron chi connectivity index (χ3n) is 5.52. The molecule has 1 aromatic carbocycles. The van der Waals surface area contributed by atoms with Gasteiger partial charge in [-0.1, -0.05) is 19.1 Å². The number of esters is 1. The quantitative estimate of drug-likeness (QED) is 0.451. The SMILES string of the molecule is CCCOC(=O)C1C2CC[C@H](C[C@@H]1c1ccc([N+](=O)[O-])cc1)N2C.Cl. The Balaban J connectivity index is 0.00000225. The maximum absolute atomic E-state index is 12.7. The minimum absolute atomic E-state index is 0. The van der Waals surface area contributed by atoms with Crippen molar-refractivity contribution in [2.24, 2.45) is 5.92 Å². The fraction of sp³-hybridized carbons (Fsp3) is 0.611. The third-order valence-corrected chi connectivity index (χ3v) is 5.52. The lowest BCUT2D eigenvalue weighted by Gasteiger charge is -2.41. The Kier molecular flexibility index (Phi) is 6.41. The lowest BCUT2D eigenvalue weighted by molar-refractivity contribution is -0.384. The number of benzene rings is 1. The molecule has 4 atom stereocenters. The summed E-state index contributed by atoms with van der Waals surface area (Å²) in [5.41, 5.74) is 1.09. The number of carbonyl (C=O) groups is 1. The van der Waals surface area contributed by atoms with Gasteiger partial charge < -0.3 is 4.74 Å². The van der Waals surface area contributed by atoms with Gasteiger partial charge in [0.15, 0.2) is 0 Å². The Morgan fingerprint density at radius 2 is 2.00 bits per heavy atom. The summed E-state index contributed by atoms with van der Waals surface area (Å²) in [6, 6.07) is 7.34. The predicted octanol–water partition coefficient (Wildman–Crippen LogP) is 3.54. The van der Waals surface area contributed by atoms with Gasteiger partial charge in [0, 0.05) is 30.1 Å². The molecule has 2 unspecified atom stereocenters. The standard InChI is InChI=1S/C18H24N2O4.ClH/c1-3-10-24-18(21)17-15(11-14-8-9-16(17)19(14)2)12-4-6-13(7-5-12)20(22)23;/h4-7,14-17H,3,8-11H2,1-2H3;1H/t14-,15-,16?,17?;/m1./s1. The number of rotatable bonds is 5. The zero-order valence-electron chi connectivity index (χ0n) is 14.6. The van der Waals surface area contributed by atoms with Gasteiger partial charge in [-0.15, -0.1) is 12.4 Å². The largest absolute Gasteiger partial charge is 0.465 e. The number of piperidine rings is 1. The number of nitrogens with zero attached hydrogens (tertiary/aromatic N) is 2. The van der Waals surface area contributed by atoms with E-state index in [9.17, 15) is 14.9 Å². The van der Waals surface area contributed by atoms with Crippen LogP contribution < -0.4 is 0 Å². The van der Waals surface area contributed by atoms with Crippen LogP contribution in [-0.4, -0.2) is 41.5 Å². The van der Waals surface area contributed by atoms with Crippen LogP contribution in [0, 0.1) is 16.0 Å². The first-order valence-corrected chi connectivity index (χ1v) is 8.65. The number of nitro groups is 1. The molecule has 1 aromatic rings. The van der Waals surface area contributed by atoms with E-state index < -0.39 is 4.92 Å². The topological polar surface area (TPSA) is 72.7 Å². The van der Waals surface area contributed by atoms with Crippen molar-refractivity contribution in [3.05, 3.63) is 39.9 Å². The van der Waals surface area contributed by atoms with Crippen molar-refractivity contribution in [2.75, 3.05) is 13.7 Å². The number of hydrogen-bond donors (Lipinski definition) is 0. The van der Waals surface area contributed by atoms with Gasteiger partial charge in [0.1, 0.15) is 0 Å². The van der Waals surface area contributed by atoms with E-state index in [1.807, 2.05) is 6.92 Å². The number of carbonyl (C=O) groups excluding carboxylic acids is 1. The van der Waals surface area contributed by atoms with Crippen LogP contribution in [0.3, 0.4) is 0 Å². The van der Waals surface area contributed by atoms with Gasteiger partial charge in [0.2, 0.25) is 0 Å². The number of halogens is 1. The first-order valence-electron chi connectivity index (χ1n) is 8.65.